The van der Waals surface area contributed by atoms with Gasteiger partial charge in [0.15, 0.2) is 0 Å². The number of aliphatic hydroxyl groups excluding tert-OH is 2. The first-order valence-corrected chi connectivity index (χ1v) is 11.0. The van der Waals surface area contributed by atoms with Gasteiger partial charge in [-0.2, -0.15) is 0 Å². The molecule has 0 saturated carbocycles. The van der Waals surface area contributed by atoms with Gasteiger partial charge in [-0.05, 0) is 21.8 Å². The molecule has 0 aliphatic rings. The van der Waals surface area contributed by atoms with Crippen molar-refractivity contribution in [2.75, 3.05) is 6.61 Å². The molecular formula is C22H30O3Si. The van der Waals surface area contributed by atoms with Crippen LogP contribution in [0.5, 0.6) is 0 Å². The summed E-state index contributed by atoms with van der Waals surface area (Å²) in [6, 6.07) is 20.8. The number of hydrogen-bond acceptors (Lipinski definition) is 3. The van der Waals surface area contributed by atoms with E-state index in [9.17, 15) is 10.2 Å². The summed E-state index contributed by atoms with van der Waals surface area (Å²) < 4.78 is 6.67. The third kappa shape index (κ3) is 4.33. The zero-order valence-corrected chi connectivity index (χ0v) is 16.9. The molecule has 0 amide bonds. The topological polar surface area (TPSA) is 49.7 Å². The third-order valence-corrected chi connectivity index (χ3v) is 9.83. The Balaban J connectivity index is 2.42. The molecule has 0 spiro atoms. The van der Waals surface area contributed by atoms with Crippen LogP contribution in [0.2, 0.25) is 5.04 Å². The Hall–Kier alpha value is -1.72. The summed E-state index contributed by atoms with van der Waals surface area (Å²) in [6.07, 6.45) is -0.0889. The Morgan fingerprint density at radius 3 is 1.81 bits per heavy atom. The van der Waals surface area contributed by atoms with Crippen molar-refractivity contribution in [1.82, 2.24) is 0 Å². The normalized spacial score (nSPS) is 14.7. The Kier molecular flexibility index (Phi) is 6.95. The average Bonchev–Trinajstić information content (AvgIpc) is 2.64. The van der Waals surface area contributed by atoms with Gasteiger partial charge in [0.25, 0.3) is 8.32 Å². The van der Waals surface area contributed by atoms with E-state index in [2.05, 4.69) is 51.6 Å². The quantitative estimate of drug-likeness (QED) is 0.555. The first-order chi connectivity index (χ1) is 12.3. The molecule has 0 aromatic heterocycles. The van der Waals surface area contributed by atoms with Crippen molar-refractivity contribution in [3.05, 3.63) is 73.3 Å². The van der Waals surface area contributed by atoms with Gasteiger partial charge in [-0.1, -0.05) is 87.5 Å². The van der Waals surface area contributed by atoms with Crippen molar-refractivity contribution in [1.29, 1.82) is 0 Å². The standard InChI is InChI=1S/C22H30O3Si/c1-5-20(23)21(24)16-17-25-26(22(2,3)4,18-12-8-6-9-13-18)19-14-10-7-11-15-19/h5-15,20-21,23-24H,1,16-17H2,2-4H3/t20-,21+/m0/s1. The van der Waals surface area contributed by atoms with Crippen LogP contribution in [-0.4, -0.2) is 37.3 Å². The second kappa shape index (κ2) is 8.78. The summed E-state index contributed by atoms with van der Waals surface area (Å²) in [6.45, 7) is 10.6. The highest BCUT2D eigenvalue weighted by atomic mass is 28.4. The van der Waals surface area contributed by atoms with E-state index >= 15 is 0 Å². The SMILES string of the molecule is C=C[C@H](O)[C@H](O)CCO[Si](c1ccccc1)(c1ccccc1)C(C)(C)C. The molecule has 2 rings (SSSR count). The molecule has 0 saturated heterocycles. The molecule has 2 atom stereocenters. The van der Waals surface area contributed by atoms with E-state index < -0.39 is 20.5 Å². The maximum atomic E-state index is 10.1. The number of hydrogen-bond donors (Lipinski definition) is 2. The molecule has 2 aromatic rings. The highest BCUT2D eigenvalue weighted by Crippen LogP contribution is 2.36. The molecule has 0 aliphatic carbocycles. The molecule has 0 bridgehead atoms. The van der Waals surface area contributed by atoms with E-state index in [1.54, 1.807) is 0 Å². The molecule has 0 aliphatic heterocycles. The molecular weight excluding hydrogens is 340 g/mol. The maximum absolute atomic E-state index is 10.1. The van der Waals surface area contributed by atoms with Crippen molar-refractivity contribution in [2.24, 2.45) is 0 Å². The molecule has 140 valence electrons. The third-order valence-electron chi connectivity index (χ3n) is 4.78. The van der Waals surface area contributed by atoms with Gasteiger partial charge in [-0.3, -0.25) is 0 Å². The zero-order chi connectivity index (χ0) is 19.2. The molecule has 2 N–H and O–H groups in total. The van der Waals surface area contributed by atoms with Crippen LogP contribution in [0.1, 0.15) is 27.2 Å². The van der Waals surface area contributed by atoms with Gasteiger partial charge in [-0.25, -0.2) is 0 Å². The van der Waals surface area contributed by atoms with E-state index in [4.69, 9.17) is 4.43 Å². The molecule has 4 heteroatoms. The monoisotopic (exact) mass is 370 g/mol. The Labute approximate surface area is 158 Å². The molecule has 0 fully saturated rings. The van der Waals surface area contributed by atoms with Crippen molar-refractivity contribution in [3.8, 4) is 0 Å². The van der Waals surface area contributed by atoms with E-state index in [1.165, 1.54) is 16.4 Å². The fourth-order valence-electron chi connectivity index (χ4n) is 3.42. The summed E-state index contributed by atoms with van der Waals surface area (Å²) in [7, 11) is -2.58. The molecule has 0 heterocycles. The molecule has 2 aromatic carbocycles. The number of rotatable bonds is 8. The minimum atomic E-state index is -2.58. The Bertz CT molecular complexity index is 640. The summed E-state index contributed by atoms with van der Waals surface area (Å²) in [5.41, 5.74) is 0. The minimum absolute atomic E-state index is 0.0995. The molecule has 0 unspecified atom stereocenters. The lowest BCUT2D eigenvalue weighted by Crippen LogP contribution is -2.66. The number of aliphatic hydroxyl groups is 2. The van der Waals surface area contributed by atoms with E-state index in [0.29, 0.717) is 13.0 Å². The average molecular weight is 371 g/mol. The van der Waals surface area contributed by atoms with Gasteiger partial charge in [0, 0.05) is 6.61 Å². The fourth-order valence-corrected chi connectivity index (χ4v) is 8.00. The van der Waals surface area contributed by atoms with Crippen molar-refractivity contribution in [3.63, 3.8) is 0 Å². The second-order valence-electron chi connectivity index (χ2n) is 7.59. The van der Waals surface area contributed by atoms with Gasteiger partial charge >= 0.3 is 0 Å². The number of benzene rings is 2. The Morgan fingerprint density at radius 1 is 0.962 bits per heavy atom. The zero-order valence-electron chi connectivity index (χ0n) is 15.9. The predicted octanol–water partition coefficient (Wildman–Crippen LogP) is 2.86. The summed E-state index contributed by atoms with van der Waals surface area (Å²) >= 11 is 0. The van der Waals surface area contributed by atoms with Gasteiger partial charge in [-0.15, -0.1) is 6.58 Å². The van der Waals surface area contributed by atoms with E-state index in [0.717, 1.165) is 0 Å². The van der Waals surface area contributed by atoms with Crippen LogP contribution >= 0.6 is 0 Å². The van der Waals surface area contributed by atoms with Crippen LogP contribution in [0, 0.1) is 0 Å². The predicted molar refractivity (Wildman–Crippen MR) is 110 cm³/mol. The van der Waals surface area contributed by atoms with E-state index in [-0.39, 0.29) is 5.04 Å². The van der Waals surface area contributed by atoms with E-state index in [1.807, 2.05) is 36.4 Å². The maximum Gasteiger partial charge on any atom is 0.261 e. The van der Waals surface area contributed by atoms with Crippen LogP contribution in [0.3, 0.4) is 0 Å². The lowest BCUT2D eigenvalue weighted by atomic mass is 10.1. The first-order valence-electron chi connectivity index (χ1n) is 9.06. The van der Waals surface area contributed by atoms with Crippen molar-refractivity contribution in [2.45, 2.75) is 44.4 Å². The van der Waals surface area contributed by atoms with Gasteiger partial charge < -0.3 is 14.6 Å². The second-order valence-corrected chi connectivity index (χ2v) is 11.9. The highest BCUT2D eigenvalue weighted by molar-refractivity contribution is 6.99. The summed E-state index contributed by atoms with van der Waals surface area (Å²) in [5, 5.41) is 22.1. The van der Waals surface area contributed by atoms with Crippen LogP contribution in [0.4, 0.5) is 0 Å². The van der Waals surface area contributed by atoms with Crippen LogP contribution in [0.15, 0.2) is 73.3 Å². The Morgan fingerprint density at radius 2 is 1.42 bits per heavy atom. The largest absolute Gasteiger partial charge is 0.407 e. The van der Waals surface area contributed by atoms with Gasteiger partial charge in [0.2, 0.25) is 0 Å². The lowest BCUT2D eigenvalue weighted by Gasteiger charge is -2.43. The smallest absolute Gasteiger partial charge is 0.261 e. The molecule has 26 heavy (non-hydrogen) atoms. The first kappa shape index (κ1) is 20.6. The minimum Gasteiger partial charge on any atom is -0.407 e. The fraction of sp³-hybridized carbons (Fsp3) is 0.364. The van der Waals surface area contributed by atoms with Crippen LogP contribution < -0.4 is 10.4 Å². The molecule has 3 nitrogen and oxygen atoms in total. The highest BCUT2D eigenvalue weighted by Gasteiger charge is 2.50. The van der Waals surface area contributed by atoms with Crippen LogP contribution in [0.25, 0.3) is 0 Å². The summed E-state index contributed by atoms with van der Waals surface area (Å²) in [5.74, 6) is 0. The van der Waals surface area contributed by atoms with Crippen molar-refractivity contribution < 1.29 is 14.6 Å². The van der Waals surface area contributed by atoms with Crippen LogP contribution in [-0.2, 0) is 4.43 Å². The lowest BCUT2D eigenvalue weighted by molar-refractivity contribution is 0.0334. The van der Waals surface area contributed by atoms with Gasteiger partial charge in [0.05, 0.1) is 12.2 Å². The molecule has 0 radical (unpaired) electrons. The summed E-state index contributed by atoms with van der Waals surface area (Å²) in [4.78, 5) is 0. The van der Waals surface area contributed by atoms with Gasteiger partial charge in [0.1, 0.15) is 0 Å². The van der Waals surface area contributed by atoms with Crippen molar-refractivity contribution >= 4 is 18.7 Å².